The van der Waals surface area contributed by atoms with Gasteiger partial charge in [-0.05, 0) is 46.8 Å². The lowest BCUT2D eigenvalue weighted by Gasteiger charge is -2.32. The van der Waals surface area contributed by atoms with Crippen LogP contribution in [0.25, 0.3) is 15.8 Å². The van der Waals surface area contributed by atoms with Crippen LogP contribution in [0.15, 0.2) is 30.0 Å². The summed E-state index contributed by atoms with van der Waals surface area (Å²) in [7, 11) is -0.975. The van der Waals surface area contributed by atoms with E-state index in [4.69, 9.17) is 9.31 Å². The predicted octanol–water partition coefficient (Wildman–Crippen LogP) is 4.63. The highest BCUT2D eigenvalue weighted by Gasteiger charge is 2.53. The Hall–Kier alpha value is -1.24. The maximum Gasteiger partial charge on any atom is 0.525 e. The van der Waals surface area contributed by atoms with E-state index in [1.807, 2.05) is 52.0 Å². The van der Waals surface area contributed by atoms with Crippen LogP contribution in [0.5, 0.6) is 0 Å². The van der Waals surface area contributed by atoms with Crippen molar-refractivity contribution in [1.29, 1.82) is 0 Å². The number of halogens is 1. The van der Waals surface area contributed by atoms with Crippen LogP contribution in [-0.2, 0) is 9.31 Å². The smallest absolute Gasteiger partial charge is 0.398 e. The third-order valence-corrected chi connectivity index (χ3v) is 5.59. The molecule has 0 radical (unpaired) electrons. The second-order valence-corrected chi connectivity index (χ2v) is 7.58. The summed E-state index contributed by atoms with van der Waals surface area (Å²) in [5.41, 5.74) is -0.160. The van der Waals surface area contributed by atoms with E-state index in [1.165, 1.54) is 11.3 Å². The van der Waals surface area contributed by atoms with Gasteiger partial charge in [0, 0.05) is 5.57 Å². The first-order valence-corrected chi connectivity index (χ1v) is 8.11. The van der Waals surface area contributed by atoms with Gasteiger partial charge in [-0.25, -0.2) is 9.37 Å². The number of allylic oxidation sites excluding steroid dienone is 1. The fraction of sp³-hybridized carbons (Fsp3) is 0.438. The molecule has 0 bridgehead atoms. The number of para-hydroxylation sites is 1. The molecular formula is C16H19BFNO2S. The monoisotopic (exact) mass is 319 g/mol. The highest BCUT2D eigenvalue weighted by molar-refractivity contribution is 7.19. The van der Waals surface area contributed by atoms with Crippen molar-refractivity contribution in [3.63, 3.8) is 0 Å². The Kier molecular flexibility index (Phi) is 3.66. The van der Waals surface area contributed by atoms with Crippen molar-refractivity contribution >= 4 is 34.2 Å². The van der Waals surface area contributed by atoms with Crippen LogP contribution in [0.2, 0.25) is 0 Å². The van der Waals surface area contributed by atoms with E-state index in [0.717, 1.165) is 10.2 Å². The quantitative estimate of drug-likeness (QED) is 0.756. The Morgan fingerprint density at radius 3 is 2.32 bits per heavy atom. The van der Waals surface area contributed by atoms with Crippen LogP contribution in [0, 0.1) is 0 Å². The molecule has 3 nitrogen and oxygen atoms in total. The second-order valence-electron chi connectivity index (χ2n) is 6.55. The Labute approximate surface area is 134 Å². The van der Waals surface area contributed by atoms with E-state index in [9.17, 15) is 4.39 Å². The summed E-state index contributed by atoms with van der Waals surface area (Å²) in [5, 5.41) is 0.661. The van der Waals surface area contributed by atoms with Crippen LogP contribution < -0.4 is 0 Å². The van der Waals surface area contributed by atoms with Gasteiger partial charge in [0.2, 0.25) is 0 Å². The summed E-state index contributed by atoms with van der Waals surface area (Å²) < 4.78 is 27.4. The lowest BCUT2D eigenvalue weighted by Crippen LogP contribution is -2.41. The number of rotatable bonds is 2. The molecule has 0 N–H and O–H groups in total. The molecule has 0 amide bonds. The van der Waals surface area contributed by atoms with Crippen LogP contribution in [0.3, 0.4) is 0 Å². The van der Waals surface area contributed by atoms with Gasteiger partial charge < -0.3 is 9.31 Å². The molecule has 116 valence electrons. The minimum atomic E-state index is -0.975. The summed E-state index contributed by atoms with van der Waals surface area (Å²) >= 11 is 1.47. The van der Waals surface area contributed by atoms with Crippen molar-refractivity contribution in [2.75, 3.05) is 0 Å². The van der Waals surface area contributed by atoms with Gasteiger partial charge in [0.25, 0.3) is 0 Å². The maximum atomic E-state index is 14.8. The SMILES string of the molecule is CC(=C(F)B1OC(C)(C)C(C)(C)O1)c1nc2ccccc2s1. The molecule has 0 spiro atoms. The number of benzene rings is 1. The molecular weight excluding hydrogens is 300 g/mol. The summed E-state index contributed by atoms with van der Waals surface area (Å²) in [6.45, 7) is 9.36. The average molecular weight is 319 g/mol. The molecule has 1 aliphatic rings. The van der Waals surface area contributed by atoms with E-state index in [0.29, 0.717) is 10.6 Å². The maximum absolute atomic E-state index is 14.8. The van der Waals surface area contributed by atoms with Gasteiger partial charge in [0.05, 0.1) is 21.4 Å². The van der Waals surface area contributed by atoms with Crippen molar-refractivity contribution in [3.8, 4) is 0 Å². The normalized spacial score (nSPS) is 21.3. The minimum absolute atomic E-state index is 0.405. The molecule has 3 rings (SSSR count). The zero-order valence-electron chi connectivity index (χ0n) is 13.4. The van der Waals surface area contributed by atoms with E-state index in [2.05, 4.69) is 4.98 Å². The molecule has 22 heavy (non-hydrogen) atoms. The van der Waals surface area contributed by atoms with Gasteiger partial charge in [-0.2, -0.15) is 0 Å². The first-order valence-electron chi connectivity index (χ1n) is 7.29. The topological polar surface area (TPSA) is 31.4 Å². The summed E-state index contributed by atoms with van der Waals surface area (Å²) in [6, 6.07) is 7.79. The Balaban J connectivity index is 1.95. The zero-order chi connectivity index (χ0) is 16.1. The van der Waals surface area contributed by atoms with Gasteiger partial charge in [0.1, 0.15) is 10.7 Å². The van der Waals surface area contributed by atoms with Crippen molar-refractivity contribution in [1.82, 2.24) is 4.98 Å². The van der Waals surface area contributed by atoms with Gasteiger partial charge in [-0.15, -0.1) is 11.3 Å². The standard InChI is InChI=1S/C16H19BFNO2S/c1-10(14-19-11-8-6-7-9-12(11)22-14)13(18)17-20-15(2,3)16(4,5)21-17/h6-9H,1-5H3. The highest BCUT2D eigenvalue weighted by atomic mass is 32.1. The third kappa shape index (κ3) is 2.49. The molecule has 1 aromatic heterocycles. The van der Waals surface area contributed by atoms with Crippen LogP contribution >= 0.6 is 11.3 Å². The van der Waals surface area contributed by atoms with Gasteiger partial charge in [-0.3, -0.25) is 0 Å². The van der Waals surface area contributed by atoms with E-state index in [-0.39, 0.29) is 0 Å². The molecule has 1 aliphatic heterocycles. The molecule has 2 heterocycles. The Bertz CT molecular complexity index is 704. The summed E-state index contributed by atoms with van der Waals surface area (Å²) in [6.07, 6.45) is 0. The van der Waals surface area contributed by atoms with Gasteiger partial charge in [0.15, 0.2) is 0 Å². The summed E-state index contributed by atoms with van der Waals surface area (Å²) in [4.78, 5) is 4.49. The number of thiazole rings is 1. The number of fused-ring (bicyclic) bond motifs is 1. The Morgan fingerprint density at radius 1 is 1.14 bits per heavy atom. The lowest BCUT2D eigenvalue weighted by molar-refractivity contribution is 0.00578. The van der Waals surface area contributed by atoms with Crippen molar-refractivity contribution < 1.29 is 13.7 Å². The van der Waals surface area contributed by atoms with E-state index >= 15 is 0 Å². The molecule has 0 saturated carbocycles. The number of nitrogens with zero attached hydrogens (tertiary/aromatic N) is 1. The minimum Gasteiger partial charge on any atom is -0.398 e. The molecule has 0 atom stereocenters. The Morgan fingerprint density at radius 2 is 1.73 bits per heavy atom. The van der Waals surface area contributed by atoms with Crippen molar-refractivity contribution in [2.24, 2.45) is 0 Å². The summed E-state index contributed by atoms with van der Waals surface area (Å²) in [5.74, 6) is 0. The zero-order valence-corrected chi connectivity index (χ0v) is 14.3. The van der Waals surface area contributed by atoms with Crippen molar-refractivity contribution in [3.05, 3.63) is 35.0 Å². The van der Waals surface area contributed by atoms with E-state index < -0.39 is 24.0 Å². The molecule has 1 fully saturated rings. The largest absolute Gasteiger partial charge is 0.525 e. The third-order valence-electron chi connectivity index (χ3n) is 4.43. The molecule has 0 unspecified atom stereocenters. The van der Waals surface area contributed by atoms with Crippen molar-refractivity contribution in [2.45, 2.75) is 45.8 Å². The van der Waals surface area contributed by atoms with Crippen LogP contribution in [0.1, 0.15) is 39.6 Å². The van der Waals surface area contributed by atoms with Crippen LogP contribution in [-0.4, -0.2) is 23.3 Å². The second kappa shape index (κ2) is 5.15. The fourth-order valence-corrected chi connectivity index (χ4v) is 3.23. The molecule has 0 aliphatic carbocycles. The molecule has 1 aromatic carbocycles. The molecule has 6 heteroatoms. The highest BCUT2D eigenvalue weighted by Crippen LogP contribution is 2.40. The lowest BCUT2D eigenvalue weighted by atomic mass is 9.85. The number of aromatic nitrogens is 1. The first kappa shape index (κ1) is 15.7. The van der Waals surface area contributed by atoms with Crippen LogP contribution in [0.4, 0.5) is 4.39 Å². The number of hydrogen-bond acceptors (Lipinski definition) is 4. The predicted molar refractivity (Wildman–Crippen MR) is 89.4 cm³/mol. The average Bonchev–Trinajstić information content (AvgIpc) is 2.96. The molecule has 2 aromatic rings. The molecule has 1 saturated heterocycles. The first-order chi connectivity index (χ1) is 10.2. The van der Waals surface area contributed by atoms with Gasteiger partial charge >= 0.3 is 7.12 Å². The fourth-order valence-electron chi connectivity index (χ4n) is 2.26. The van der Waals surface area contributed by atoms with E-state index in [1.54, 1.807) is 6.92 Å². The number of hydrogen-bond donors (Lipinski definition) is 0. The van der Waals surface area contributed by atoms with Gasteiger partial charge in [-0.1, -0.05) is 12.1 Å².